The summed E-state index contributed by atoms with van der Waals surface area (Å²) >= 11 is 0. The van der Waals surface area contributed by atoms with E-state index >= 15 is 0 Å². The van der Waals surface area contributed by atoms with Gasteiger partial charge in [-0.05, 0) is 91.6 Å². The minimum absolute atomic E-state index is 0.0511. The van der Waals surface area contributed by atoms with Gasteiger partial charge in [0, 0.05) is 12.8 Å². The first-order chi connectivity index (χ1) is 14.3. The number of carbonyl (C=O) groups is 3. The Balaban J connectivity index is 1.59. The first-order valence-electron chi connectivity index (χ1n) is 12.0. The standard InChI is InChI=1S/C26H36O4/c1-4-5-6-24(29)30-23(16-27)22-10-9-20-19-8-7-17-15-18(28)11-13-25(17,2)21(19)12-14-26(20,22)3/h15-16,19-21H,4-14H2,1-3H3/b23-22-/t19-,20-,21-,25-,26-/m0/s1. The molecule has 0 amide bonds. The predicted octanol–water partition coefficient (Wildman–Crippen LogP) is 5.70. The SMILES string of the molecule is CCCCC(=O)O/C(C=O)=C1/CC[C@H]2[C@@H]3CCC4=CC(=O)CC[C@]4(C)[C@H]3CC[C@]12C. The lowest BCUT2D eigenvalue weighted by Crippen LogP contribution is -2.49. The smallest absolute Gasteiger partial charge is 0.311 e. The van der Waals surface area contributed by atoms with Crippen LogP contribution >= 0.6 is 0 Å². The van der Waals surface area contributed by atoms with Crippen LogP contribution in [-0.2, 0) is 19.1 Å². The van der Waals surface area contributed by atoms with E-state index in [2.05, 4.69) is 13.8 Å². The van der Waals surface area contributed by atoms with Crippen LogP contribution in [0.25, 0.3) is 0 Å². The molecule has 3 fully saturated rings. The monoisotopic (exact) mass is 412 g/mol. The highest BCUT2D eigenvalue weighted by Gasteiger charge is 2.58. The quantitative estimate of drug-likeness (QED) is 0.251. The van der Waals surface area contributed by atoms with Crippen molar-refractivity contribution in [1.29, 1.82) is 0 Å². The average Bonchev–Trinajstić information content (AvgIpc) is 3.08. The lowest BCUT2D eigenvalue weighted by molar-refractivity contribution is -0.141. The van der Waals surface area contributed by atoms with Crippen LogP contribution in [0, 0.1) is 28.6 Å². The van der Waals surface area contributed by atoms with Crippen LogP contribution in [0.1, 0.15) is 91.4 Å². The molecule has 0 aromatic heterocycles. The molecule has 164 valence electrons. The zero-order valence-electron chi connectivity index (χ0n) is 18.8. The molecule has 30 heavy (non-hydrogen) atoms. The van der Waals surface area contributed by atoms with E-state index < -0.39 is 0 Å². The van der Waals surface area contributed by atoms with Crippen LogP contribution in [0.3, 0.4) is 0 Å². The van der Waals surface area contributed by atoms with Gasteiger partial charge in [0.15, 0.2) is 17.8 Å². The third-order valence-electron chi connectivity index (χ3n) is 9.11. The maximum Gasteiger partial charge on any atom is 0.311 e. The fourth-order valence-corrected chi connectivity index (χ4v) is 7.43. The van der Waals surface area contributed by atoms with Crippen molar-refractivity contribution in [3.63, 3.8) is 0 Å². The Kier molecular flexibility index (Phi) is 5.80. The molecular formula is C26H36O4. The van der Waals surface area contributed by atoms with E-state index in [1.807, 2.05) is 13.0 Å². The van der Waals surface area contributed by atoms with Crippen LogP contribution in [0.15, 0.2) is 23.0 Å². The summed E-state index contributed by atoms with van der Waals surface area (Å²) in [5.74, 6) is 2.10. The van der Waals surface area contributed by atoms with Gasteiger partial charge in [-0.3, -0.25) is 14.4 Å². The summed E-state index contributed by atoms with van der Waals surface area (Å²) in [6.07, 6.45) is 12.8. The number of unbranched alkanes of at least 4 members (excludes halogenated alkanes) is 1. The van der Waals surface area contributed by atoms with Crippen molar-refractivity contribution in [1.82, 2.24) is 0 Å². The molecule has 0 spiro atoms. The van der Waals surface area contributed by atoms with E-state index in [1.165, 1.54) is 5.57 Å². The average molecular weight is 413 g/mol. The Morgan fingerprint density at radius 2 is 1.87 bits per heavy atom. The summed E-state index contributed by atoms with van der Waals surface area (Å²) < 4.78 is 5.58. The predicted molar refractivity (Wildman–Crippen MR) is 115 cm³/mol. The van der Waals surface area contributed by atoms with Crippen molar-refractivity contribution in [2.75, 3.05) is 0 Å². The zero-order valence-corrected chi connectivity index (χ0v) is 18.8. The molecule has 0 radical (unpaired) electrons. The lowest BCUT2D eigenvalue weighted by atomic mass is 9.47. The van der Waals surface area contributed by atoms with Gasteiger partial charge in [-0.25, -0.2) is 0 Å². The van der Waals surface area contributed by atoms with Gasteiger partial charge in [-0.1, -0.05) is 32.8 Å². The van der Waals surface area contributed by atoms with Gasteiger partial charge in [0.25, 0.3) is 0 Å². The molecule has 4 aliphatic carbocycles. The molecule has 0 aromatic carbocycles. The Bertz CT molecular complexity index is 806. The summed E-state index contributed by atoms with van der Waals surface area (Å²) in [5, 5.41) is 0. The summed E-state index contributed by atoms with van der Waals surface area (Å²) in [7, 11) is 0. The number of ketones is 1. The fraction of sp³-hybridized carbons (Fsp3) is 0.731. The minimum Gasteiger partial charge on any atom is -0.423 e. The molecule has 4 heteroatoms. The maximum atomic E-state index is 12.2. The van der Waals surface area contributed by atoms with Crippen LogP contribution in [0.4, 0.5) is 0 Å². The molecule has 0 aliphatic heterocycles. The first-order valence-corrected chi connectivity index (χ1v) is 12.0. The second-order valence-electron chi connectivity index (χ2n) is 10.5. The van der Waals surface area contributed by atoms with Crippen molar-refractivity contribution in [3.8, 4) is 0 Å². The van der Waals surface area contributed by atoms with E-state index in [9.17, 15) is 14.4 Å². The Labute approximate surface area is 180 Å². The summed E-state index contributed by atoms with van der Waals surface area (Å²) in [5.41, 5.74) is 2.57. The minimum atomic E-state index is -0.279. The number of allylic oxidation sites excluding steroid dienone is 3. The maximum absolute atomic E-state index is 12.2. The van der Waals surface area contributed by atoms with E-state index in [0.29, 0.717) is 42.1 Å². The molecule has 3 saturated carbocycles. The molecule has 0 bridgehead atoms. The molecule has 0 N–H and O–H groups in total. The van der Waals surface area contributed by atoms with Gasteiger partial charge in [0.05, 0.1) is 0 Å². The number of esters is 1. The van der Waals surface area contributed by atoms with Gasteiger partial charge in [-0.15, -0.1) is 0 Å². The van der Waals surface area contributed by atoms with Crippen LogP contribution in [0.5, 0.6) is 0 Å². The lowest BCUT2D eigenvalue weighted by Gasteiger charge is -2.57. The van der Waals surface area contributed by atoms with Crippen LogP contribution < -0.4 is 0 Å². The second-order valence-corrected chi connectivity index (χ2v) is 10.5. The van der Waals surface area contributed by atoms with Crippen molar-refractivity contribution >= 4 is 18.0 Å². The molecule has 0 heterocycles. The molecule has 4 rings (SSSR count). The third-order valence-corrected chi connectivity index (χ3v) is 9.11. The highest BCUT2D eigenvalue weighted by Crippen LogP contribution is 2.66. The topological polar surface area (TPSA) is 60.4 Å². The molecular weight excluding hydrogens is 376 g/mol. The molecule has 5 atom stereocenters. The van der Waals surface area contributed by atoms with Crippen molar-refractivity contribution in [3.05, 3.63) is 23.0 Å². The Morgan fingerprint density at radius 3 is 2.60 bits per heavy atom. The highest BCUT2D eigenvalue weighted by molar-refractivity contribution is 5.91. The number of carbonyl (C=O) groups excluding carboxylic acids is 3. The second kappa shape index (κ2) is 8.09. The van der Waals surface area contributed by atoms with Gasteiger partial charge >= 0.3 is 5.97 Å². The number of rotatable bonds is 5. The normalized spacial score (nSPS) is 39.4. The van der Waals surface area contributed by atoms with E-state index in [1.54, 1.807) is 0 Å². The fourth-order valence-electron chi connectivity index (χ4n) is 7.43. The summed E-state index contributed by atoms with van der Waals surface area (Å²) in [6, 6.07) is 0. The first kappa shape index (κ1) is 21.5. The van der Waals surface area contributed by atoms with Crippen molar-refractivity contribution in [2.45, 2.75) is 91.4 Å². The van der Waals surface area contributed by atoms with Gasteiger partial charge in [-0.2, -0.15) is 0 Å². The number of hydrogen-bond donors (Lipinski definition) is 0. The molecule has 0 aromatic rings. The molecule has 0 unspecified atom stereocenters. The number of aldehydes is 1. The number of fused-ring (bicyclic) bond motifs is 5. The molecule has 4 aliphatic rings. The van der Waals surface area contributed by atoms with E-state index in [0.717, 1.165) is 69.6 Å². The molecule has 0 saturated heterocycles. The van der Waals surface area contributed by atoms with Crippen LogP contribution in [-0.4, -0.2) is 18.0 Å². The third kappa shape index (κ3) is 3.40. The largest absolute Gasteiger partial charge is 0.423 e. The van der Waals surface area contributed by atoms with E-state index in [-0.39, 0.29) is 16.8 Å². The van der Waals surface area contributed by atoms with E-state index in [4.69, 9.17) is 4.74 Å². The van der Waals surface area contributed by atoms with Crippen molar-refractivity contribution in [2.24, 2.45) is 28.6 Å². The van der Waals surface area contributed by atoms with Crippen molar-refractivity contribution < 1.29 is 19.1 Å². The summed E-state index contributed by atoms with van der Waals surface area (Å²) in [4.78, 5) is 36.1. The number of hydrogen-bond acceptors (Lipinski definition) is 4. The van der Waals surface area contributed by atoms with Gasteiger partial charge < -0.3 is 4.74 Å². The Morgan fingerprint density at radius 1 is 1.10 bits per heavy atom. The Hall–Kier alpha value is -1.71. The van der Waals surface area contributed by atoms with Crippen LogP contribution in [0.2, 0.25) is 0 Å². The number of ether oxygens (including phenoxy) is 1. The highest BCUT2D eigenvalue weighted by atomic mass is 16.5. The molecule has 4 nitrogen and oxygen atoms in total. The zero-order chi connectivity index (χ0) is 21.5. The van der Waals surface area contributed by atoms with Gasteiger partial charge in [0.1, 0.15) is 0 Å². The van der Waals surface area contributed by atoms with Gasteiger partial charge in [0.2, 0.25) is 0 Å². The summed E-state index contributed by atoms with van der Waals surface area (Å²) in [6.45, 7) is 6.74.